The van der Waals surface area contributed by atoms with Gasteiger partial charge in [0, 0.05) is 18.3 Å². The molecule has 0 amide bonds. The summed E-state index contributed by atoms with van der Waals surface area (Å²) in [6.07, 6.45) is -0.131. The molecule has 0 aliphatic rings. The largest absolute Gasteiger partial charge is 0.457 e. The van der Waals surface area contributed by atoms with E-state index in [0.717, 1.165) is 23.9 Å². The summed E-state index contributed by atoms with van der Waals surface area (Å²) in [4.78, 5) is 18.7. The summed E-state index contributed by atoms with van der Waals surface area (Å²) in [7, 11) is 3.98. The van der Waals surface area contributed by atoms with Gasteiger partial charge >= 0.3 is 6.01 Å². The summed E-state index contributed by atoms with van der Waals surface area (Å²) in [6.45, 7) is 0.242. The van der Waals surface area contributed by atoms with Crippen molar-refractivity contribution in [1.82, 2.24) is 29.4 Å². The maximum absolute atomic E-state index is 13.9. The number of fused-ring (bicyclic) bond motifs is 1. The number of halogens is 3. The van der Waals surface area contributed by atoms with E-state index in [1.165, 1.54) is 12.3 Å². The second-order valence-corrected chi connectivity index (χ2v) is 7.73. The molecule has 0 spiro atoms. The highest BCUT2D eigenvalue weighted by Gasteiger charge is 2.20. The Bertz CT molecular complexity index is 1260. The molecule has 11 heteroatoms. The number of benzene rings is 1. The van der Waals surface area contributed by atoms with E-state index in [4.69, 9.17) is 10.5 Å². The molecule has 0 bridgehead atoms. The Hall–Kier alpha value is -3.73. The molecule has 0 unspecified atom stereocenters. The zero-order valence-corrected chi connectivity index (χ0v) is 18.0. The minimum Gasteiger partial charge on any atom is -0.457 e. The van der Waals surface area contributed by atoms with Crippen molar-refractivity contribution < 1.29 is 17.9 Å². The standard InChI is InChI=1S/C22H22F3N7O/c1-31(2)10-13-3-5-14(6-4-13)11-32-20(15-7-16(23)9-27-8-15)28-18-19(26)29-22(30-21(18)32)33-12-17(24)25/h3-9,17H,10-12H2,1-2H3,(H2,26,29,30). The highest BCUT2D eigenvalue weighted by Crippen LogP contribution is 2.28. The lowest BCUT2D eigenvalue weighted by molar-refractivity contribution is 0.0772. The van der Waals surface area contributed by atoms with Crippen LogP contribution in [0, 0.1) is 5.82 Å². The van der Waals surface area contributed by atoms with E-state index in [1.807, 2.05) is 38.4 Å². The summed E-state index contributed by atoms with van der Waals surface area (Å²) in [5.41, 5.74) is 9.03. The first-order chi connectivity index (χ1) is 15.8. The summed E-state index contributed by atoms with van der Waals surface area (Å²) < 4.78 is 45.8. The van der Waals surface area contributed by atoms with E-state index < -0.39 is 18.8 Å². The first-order valence-electron chi connectivity index (χ1n) is 10.1. The summed E-state index contributed by atoms with van der Waals surface area (Å²) in [5.74, 6) is -0.199. The predicted molar refractivity (Wildman–Crippen MR) is 117 cm³/mol. The number of alkyl halides is 2. The topological polar surface area (TPSA) is 95.0 Å². The van der Waals surface area contributed by atoms with Crippen molar-refractivity contribution >= 4 is 17.0 Å². The van der Waals surface area contributed by atoms with Crippen molar-refractivity contribution in [1.29, 1.82) is 0 Å². The number of aromatic nitrogens is 5. The van der Waals surface area contributed by atoms with E-state index in [1.54, 1.807) is 4.57 Å². The van der Waals surface area contributed by atoms with Crippen LogP contribution in [0.4, 0.5) is 19.0 Å². The van der Waals surface area contributed by atoms with Crippen LogP contribution in [0.1, 0.15) is 11.1 Å². The molecule has 0 fully saturated rings. The lowest BCUT2D eigenvalue weighted by atomic mass is 10.1. The minimum atomic E-state index is -2.69. The molecular weight excluding hydrogens is 435 g/mol. The second kappa shape index (κ2) is 9.41. The molecular formula is C22H22F3N7O. The third-order valence-electron chi connectivity index (χ3n) is 4.77. The Kier molecular flexibility index (Phi) is 6.40. The fourth-order valence-corrected chi connectivity index (χ4v) is 3.41. The number of anilines is 1. The van der Waals surface area contributed by atoms with Crippen LogP contribution >= 0.6 is 0 Å². The molecule has 0 aliphatic carbocycles. The molecule has 3 aromatic heterocycles. The van der Waals surface area contributed by atoms with Crippen molar-refractivity contribution in [2.24, 2.45) is 0 Å². The average molecular weight is 457 g/mol. The summed E-state index contributed by atoms with van der Waals surface area (Å²) >= 11 is 0. The number of hydrogen-bond acceptors (Lipinski definition) is 7. The van der Waals surface area contributed by atoms with Gasteiger partial charge in [0.2, 0.25) is 0 Å². The molecule has 1 aromatic carbocycles. The normalized spacial score (nSPS) is 11.6. The Morgan fingerprint density at radius 3 is 2.45 bits per heavy atom. The quantitative estimate of drug-likeness (QED) is 0.434. The number of nitrogens with zero attached hydrogens (tertiary/aromatic N) is 6. The van der Waals surface area contributed by atoms with Crippen molar-refractivity contribution in [3.8, 4) is 17.4 Å². The molecule has 172 valence electrons. The van der Waals surface area contributed by atoms with E-state index in [2.05, 4.69) is 24.8 Å². The maximum Gasteiger partial charge on any atom is 0.320 e. The van der Waals surface area contributed by atoms with Gasteiger partial charge in [0.05, 0.1) is 12.7 Å². The lowest BCUT2D eigenvalue weighted by Gasteiger charge is -2.12. The first-order valence-corrected chi connectivity index (χ1v) is 10.1. The zero-order chi connectivity index (χ0) is 23.5. The second-order valence-electron chi connectivity index (χ2n) is 7.73. The third kappa shape index (κ3) is 5.20. The molecule has 33 heavy (non-hydrogen) atoms. The zero-order valence-electron chi connectivity index (χ0n) is 18.0. The molecule has 4 aromatic rings. The van der Waals surface area contributed by atoms with Crippen LogP contribution in [0.15, 0.2) is 42.7 Å². The number of nitrogens with two attached hydrogens (primary N) is 1. The number of rotatable bonds is 8. The first kappa shape index (κ1) is 22.5. The highest BCUT2D eigenvalue weighted by atomic mass is 19.3. The number of nitrogen functional groups attached to an aromatic ring is 1. The van der Waals surface area contributed by atoms with Crippen LogP contribution in [0.2, 0.25) is 0 Å². The van der Waals surface area contributed by atoms with Crippen LogP contribution in [0.25, 0.3) is 22.6 Å². The molecule has 8 nitrogen and oxygen atoms in total. The van der Waals surface area contributed by atoms with E-state index in [0.29, 0.717) is 17.9 Å². The van der Waals surface area contributed by atoms with E-state index >= 15 is 0 Å². The highest BCUT2D eigenvalue weighted by molar-refractivity contribution is 5.85. The predicted octanol–water partition coefficient (Wildman–Crippen LogP) is 3.36. The Morgan fingerprint density at radius 1 is 1.06 bits per heavy atom. The SMILES string of the molecule is CN(C)Cc1ccc(Cn2c(-c3cncc(F)c3)nc3c(N)nc(OCC(F)F)nc32)cc1. The van der Waals surface area contributed by atoms with E-state index in [-0.39, 0.29) is 23.0 Å². The summed E-state index contributed by atoms with van der Waals surface area (Å²) in [5, 5.41) is 0. The van der Waals surface area contributed by atoms with Crippen LogP contribution in [0.3, 0.4) is 0 Å². The van der Waals surface area contributed by atoms with Gasteiger partial charge in [-0.2, -0.15) is 9.97 Å². The third-order valence-corrected chi connectivity index (χ3v) is 4.77. The van der Waals surface area contributed by atoms with Crippen molar-refractivity contribution in [2.45, 2.75) is 19.5 Å². The van der Waals surface area contributed by atoms with Gasteiger partial charge in [-0.15, -0.1) is 0 Å². The van der Waals surface area contributed by atoms with Gasteiger partial charge in [-0.3, -0.25) is 4.98 Å². The van der Waals surface area contributed by atoms with Crippen LogP contribution in [-0.4, -0.2) is 56.5 Å². The smallest absolute Gasteiger partial charge is 0.320 e. The van der Waals surface area contributed by atoms with E-state index in [9.17, 15) is 13.2 Å². The van der Waals surface area contributed by atoms with Gasteiger partial charge in [0.25, 0.3) is 6.43 Å². The summed E-state index contributed by atoms with van der Waals surface area (Å²) in [6, 6.07) is 8.97. The molecule has 0 atom stereocenters. The average Bonchev–Trinajstić information content (AvgIpc) is 3.12. The van der Waals surface area contributed by atoms with Gasteiger partial charge in [0.15, 0.2) is 23.6 Å². The van der Waals surface area contributed by atoms with Gasteiger partial charge in [0.1, 0.15) is 11.6 Å². The van der Waals surface area contributed by atoms with Crippen LogP contribution < -0.4 is 10.5 Å². The van der Waals surface area contributed by atoms with Gasteiger partial charge in [-0.05, 0) is 31.3 Å². The van der Waals surface area contributed by atoms with Crippen molar-refractivity contribution in [3.63, 3.8) is 0 Å². The number of hydrogen-bond donors (Lipinski definition) is 1. The molecule has 2 N–H and O–H groups in total. The Morgan fingerprint density at radius 2 is 1.79 bits per heavy atom. The van der Waals surface area contributed by atoms with Crippen molar-refractivity contribution in [2.75, 3.05) is 26.4 Å². The Labute approximate surface area is 187 Å². The number of pyridine rings is 1. The van der Waals surface area contributed by atoms with Gasteiger partial charge in [-0.25, -0.2) is 18.2 Å². The van der Waals surface area contributed by atoms with Gasteiger partial charge < -0.3 is 19.9 Å². The molecule has 0 aliphatic heterocycles. The van der Waals surface area contributed by atoms with Crippen LogP contribution in [0.5, 0.6) is 6.01 Å². The number of imidazole rings is 1. The fourth-order valence-electron chi connectivity index (χ4n) is 3.41. The maximum atomic E-state index is 13.9. The fraction of sp³-hybridized carbons (Fsp3) is 0.273. The minimum absolute atomic E-state index is 0.0324. The molecule has 0 saturated heterocycles. The van der Waals surface area contributed by atoms with Crippen LogP contribution in [-0.2, 0) is 13.1 Å². The molecule has 0 saturated carbocycles. The number of ether oxygens (including phenoxy) is 1. The monoisotopic (exact) mass is 457 g/mol. The Balaban J connectivity index is 1.80. The molecule has 0 radical (unpaired) electrons. The van der Waals surface area contributed by atoms with Gasteiger partial charge in [-0.1, -0.05) is 24.3 Å². The lowest BCUT2D eigenvalue weighted by Crippen LogP contribution is -2.11. The van der Waals surface area contributed by atoms with Crippen molar-refractivity contribution in [3.05, 3.63) is 59.7 Å². The molecule has 3 heterocycles. The molecule has 4 rings (SSSR count).